The lowest BCUT2D eigenvalue weighted by Crippen LogP contribution is -2.11. The van der Waals surface area contributed by atoms with Crippen LogP contribution in [0.15, 0.2) is 29.8 Å². The second-order valence-corrected chi connectivity index (χ2v) is 4.82. The van der Waals surface area contributed by atoms with Crippen molar-refractivity contribution in [2.75, 3.05) is 13.2 Å². The maximum Gasteiger partial charge on any atom is 0.269 e. The third-order valence-corrected chi connectivity index (χ3v) is 3.16. The fourth-order valence-corrected chi connectivity index (χ4v) is 2.03. The van der Waals surface area contributed by atoms with Gasteiger partial charge in [-0.25, -0.2) is 0 Å². The average molecular weight is 277 g/mol. The van der Waals surface area contributed by atoms with Gasteiger partial charge in [-0.3, -0.25) is 10.1 Å². The number of ether oxygens (including phenoxy) is 2. The van der Waals surface area contributed by atoms with Gasteiger partial charge >= 0.3 is 0 Å². The van der Waals surface area contributed by atoms with Crippen molar-refractivity contribution in [2.45, 2.75) is 32.5 Å². The smallest absolute Gasteiger partial charge is 0.269 e. The van der Waals surface area contributed by atoms with Gasteiger partial charge in [0.15, 0.2) is 6.29 Å². The topological polar surface area (TPSA) is 61.6 Å². The van der Waals surface area contributed by atoms with Crippen LogP contribution in [-0.2, 0) is 9.47 Å². The minimum atomic E-state index is -0.396. The van der Waals surface area contributed by atoms with Crippen molar-refractivity contribution in [2.24, 2.45) is 0 Å². The summed E-state index contributed by atoms with van der Waals surface area (Å²) in [4.78, 5) is 10.2. The lowest BCUT2D eigenvalue weighted by atomic mass is 10.1. The first-order valence-corrected chi connectivity index (χ1v) is 6.86. The summed E-state index contributed by atoms with van der Waals surface area (Å²) in [5.74, 6) is 0. The molecule has 0 aliphatic carbocycles. The van der Waals surface area contributed by atoms with Crippen LogP contribution < -0.4 is 0 Å². The standard InChI is InChI=1S/C15H19NO4/c1-2-3-8-19-15-10-13(11-20-15)9-12-4-6-14(7-5-12)16(17)18/h4-7,9,15H,2-3,8,10-11H2,1H3/b13-9-. The third kappa shape index (κ3) is 4.15. The number of non-ortho nitro benzene ring substituents is 1. The Morgan fingerprint density at radius 1 is 1.45 bits per heavy atom. The number of hydrogen-bond donors (Lipinski definition) is 0. The van der Waals surface area contributed by atoms with E-state index in [1.165, 1.54) is 12.1 Å². The summed E-state index contributed by atoms with van der Waals surface area (Å²) in [6.07, 6.45) is 4.78. The maximum atomic E-state index is 10.6. The number of benzene rings is 1. The first-order valence-electron chi connectivity index (χ1n) is 6.86. The summed E-state index contributed by atoms with van der Waals surface area (Å²) in [5.41, 5.74) is 2.21. The minimum Gasteiger partial charge on any atom is -0.352 e. The highest BCUT2D eigenvalue weighted by Crippen LogP contribution is 2.23. The zero-order valence-electron chi connectivity index (χ0n) is 11.6. The Balaban J connectivity index is 1.90. The van der Waals surface area contributed by atoms with E-state index in [1.54, 1.807) is 12.1 Å². The Kier molecular flexibility index (Phi) is 5.26. The number of nitro groups is 1. The van der Waals surface area contributed by atoms with Crippen molar-refractivity contribution in [3.8, 4) is 0 Å². The SMILES string of the molecule is CCCCOC1C/C(=C/c2ccc([N+](=O)[O-])cc2)CO1. The highest BCUT2D eigenvalue weighted by molar-refractivity contribution is 5.55. The van der Waals surface area contributed by atoms with Crippen molar-refractivity contribution in [3.63, 3.8) is 0 Å². The van der Waals surface area contributed by atoms with E-state index in [9.17, 15) is 10.1 Å². The van der Waals surface area contributed by atoms with Crippen LogP contribution in [0.2, 0.25) is 0 Å². The molecule has 0 radical (unpaired) electrons. The van der Waals surface area contributed by atoms with Gasteiger partial charge in [-0.1, -0.05) is 19.4 Å². The molecule has 0 saturated carbocycles. The molecule has 20 heavy (non-hydrogen) atoms. The molecular weight excluding hydrogens is 258 g/mol. The fraction of sp³-hybridized carbons (Fsp3) is 0.467. The molecule has 1 saturated heterocycles. The molecule has 5 nitrogen and oxygen atoms in total. The molecular formula is C15H19NO4. The van der Waals surface area contributed by atoms with Gasteiger partial charge in [-0.15, -0.1) is 0 Å². The Labute approximate surface area is 118 Å². The van der Waals surface area contributed by atoms with E-state index < -0.39 is 4.92 Å². The van der Waals surface area contributed by atoms with Crippen molar-refractivity contribution in [3.05, 3.63) is 45.5 Å². The molecule has 1 heterocycles. The van der Waals surface area contributed by atoms with Crippen LogP contribution in [0.4, 0.5) is 5.69 Å². The number of unbranched alkanes of at least 4 members (excludes halogenated alkanes) is 1. The molecule has 2 rings (SSSR count). The lowest BCUT2D eigenvalue weighted by Gasteiger charge is -2.09. The first kappa shape index (κ1) is 14.7. The molecule has 0 N–H and O–H groups in total. The predicted molar refractivity (Wildman–Crippen MR) is 76.3 cm³/mol. The molecule has 0 bridgehead atoms. The van der Waals surface area contributed by atoms with Crippen LogP contribution >= 0.6 is 0 Å². The summed E-state index contributed by atoms with van der Waals surface area (Å²) < 4.78 is 11.2. The van der Waals surface area contributed by atoms with Gasteiger partial charge in [0.25, 0.3) is 5.69 Å². The zero-order valence-corrected chi connectivity index (χ0v) is 11.6. The summed E-state index contributed by atoms with van der Waals surface area (Å²) in [6, 6.07) is 6.52. The summed E-state index contributed by atoms with van der Waals surface area (Å²) in [5, 5.41) is 10.6. The van der Waals surface area contributed by atoms with Gasteiger partial charge in [0.05, 0.1) is 11.5 Å². The fourth-order valence-electron chi connectivity index (χ4n) is 2.03. The molecule has 1 atom stereocenters. The van der Waals surface area contributed by atoms with Crippen molar-refractivity contribution >= 4 is 11.8 Å². The van der Waals surface area contributed by atoms with E-state index in [0.29, 0.717) is 6.61 Å². The van der Waals surface area contributed by atoms with Crippen LogP contribution in [0.1, 0.15) is 31.7 Å². The zero-order chi connectivity index (χ0) is 14.4. The highest BCUT2D eigenvalue weighted by atomic mass is 16.7. The highest BCUT2D eigenvalue weighted by Gasteiger charge is 2.20. The molecule has 1 aromatic carbocycles. The van der Waals surface area contributed by atoms with Gasteiger partial charge in [0.2, 0.25) is 0 Å². The Hall–Kier alpha value is -1.72. The maximum absolute atomic E-state index is 10.6. The molecule has 1 unspecified atom stereocenters. The average Bonchev–Trinajstić information content (AvgIpc) is 2.87. The molecule has 1 aliphatic heterocycles. The van der Waals surface area contributed by atoms with Crippen molar-refractivity contribution in [1.82, 2.24) is 0 Å². The van der Waals surface area contributed by atoms with Gasteiger partial charge < -0.3 is 9.47 Å². The van der Waals surface area contributed by atoms with Crippen LogP contribution in [0.25, 0.3) is 6.08 Å². The van der Waals surface area contributed by atoms with Crippen LogP contribution in [0, 0.1) is 10.1 Å². The molecule has 1 fully saturated rings. The lowest BCUT2D eigenvalue weighted by molar-refractivity contribution is -0.384. The van der Waals surface area contributed by atoms with Crippen molar-refractivity contribution in [1.29, 1.82) is 0 Å². The number of nitrogens with zero attached hydrogens (tertiary/aromatic N) is 1. The molecule has 108 valence electrons. The van der Waals surface area contributed by atoms with Crippen LogP contribution in [0.5, 0.6) is 0 Å². The molecule has 0 amide bonds. The monoisotopic (exact) mass is 277 g/mol. The molecule has 0 spiro atoms. The van der Waals surface area contributed by atoms with Gasteiger partial charge in [-0.05, 0) is 29.7 Å². The van der Waals surface area contributed by atoms with Gasteiger partial charge in [0, 0.05) is 25.2 Å². The van der Waals surface area contributed by atoms with E-state index in [2.05, 4.69) is 6.92 Å². The second kappa shape index (κ2) is 7.17. The predicted octanol–water partition coefficient (Wildman–Crippen LogP) is 3.54. The summed E-state index contributed by atoms with van der Waals surface area (Å²) in [7, 11) is 0. The van der Waals surface area contributed by atoms with Crippen molar-refractivity contribution < 1.29 is 14.4 Å². The first-order chi connectivity index (χ1) is 9.69. The molecule has 1 aliphatic rings. The van der Waals surface area contributed by atoms with E-state index in [-0.39, 0.29) is 12.0 Å². The van der Waals surface area contributed by atoms with Gasteiger partial charge in [-0.2, -0.15) is 0 Å². The van der Waals surface area contributed by atoms with E-state index in [1.807, 2.05) is 6.08 Å². The third-order valence-electron chi connectivity index (χ3n) is 3.16. The quantitative estimate of drug-likeness (QED) is 0.453. The Morgan fingerprint density at radius 3 is 2.85 bits per heavy atom. The van der Waals surface area contributed by atoms with Crippen LogP contribution in [-0.4, -0.2) is 24.4 Å². The number of nitro benzene ring substituents is 1. The normalized spacial score (nSPS) is 20.4. The van der Waals surface area contributed by atoms with E-state index >= 15 is 0 Å². The van der Waals surface area contributed by atoms with E-state index in [4.69, 9.17) is 9.47 Å². The van der Waals surface area contributed by atoms with E-state index in [0.717, 1.165) is 37.0 Å². The Morgan fingerprint density at radius 2 is 2.20 bits per heavy atom. The largest absolute Gasteiger partial charge is 0.352 e. The summed E-state index contributed by atoms with van der Waals surface area (Å²) in [6.45, 7) is 3.42. The second-order valence-electron chi connectivity index (χ2n) is 4.82. The summed E-state index contributed by atoms with van der Waals surface area (Å²) >= 11 is 0. The number of hydrogen-bond acceptors (Lipinski definition) is 4. The molecule has 5 heteroatoms. The minimum absolute atomic E-state index is 0.107. The number of rotatable bonds is 6. The van der Waals surface area contributed by atoms with Gasteiger partial charge in [0.1, 0.15) is 0 Å². The van der Waals surface area contributed by atoms with Crippen LogP contribution in [0.3, 0.4) is 0 Å². The Bertz CT molecular complexity index is 481. The molecule has 1 aromatic rings. The molecule has 0 aromatic heterocycles.